The van der Waals surface area contributed by atoms with Gasteiger partial charge in [-0.1, -0.05) is 17.7 Å². The van der Waals surface area contributed by atoms with Crippen molar-refractivity contribution in [3.63, 3.8) is 0 Å². The van der Waals surface area contributed by atoms with E-state index in [1.807, 2.05) is 46.1 Å². The summed E-state index contributed by atoms with van der Waals surface area (Å²) in [5.41, 5.74) is 2.03. The standard InChI is InChI=1S/C21H23N3O2S2/c1-15-4-6-18(7-5-15)26-13-19-23-17(14-28-19)11-20(25)24-9-2-3-16(12-24)21-22-8-10-27-21/h4-8,10,14,16H,2-3,9,11-13H2,1H3. The van der Waals surface area contributed by atoms with E-state index in [0.29, 0.717) is 18.9 Å². The smallest absolute Gasteiger partial charge is 0.228 e. The molecule has 1 aliphatic heterocycles. The van der Waals surface area contributed by atoms with Gasteiger partial charge in [0.25, 0.3) is 0 Å². The number of piperidine rings is 1. The van der Waals surface area contributed by atoms with Crippen molar-refractivity contribution in [2.24, 2.45) is 0 Å². The molecule has 0 N–H and O–H groups in total. The van der Waals surface area contributed by atoms with Gasteiger partial charge in [-0.05, 0) is 31.9 Å². The molecule has 0 aliphatic carbocycles. The molecule has 1 atom stereocenters. The number of amides is 1. The third kappa shape index (κ3) is 4.77. The second-order valence-corrected chi connectivity index (χ2v) is 8.93. The van der Waals surface area contributed by atoms with Crippen LogP contribution in [-0.4, -0.2) is 33.9 Å². The first kappa shape index (κ1) is 19.1. The summed E-state index contributed by atoms with van der Waals surface area (Å²) in [6.45, 7) is 4.07. The van der Waals surface area contributed by atoms with Gasteiger partial charge in [0.1, 0.15) is 17.4 Å². The number of carbonyl (C=O) groups excluding carboxylic acids is 1. The predicted octanol–water partition coefficient (Wildman–Crippen LogP) is 4.44. The lowest BCUT2D eigenvalue weighted by Gasteiger charge is -2.31. The number of rotatable bonds is 6. The number of nitrogens with zero attached hydrogens (tertiary/aromatic N) is 3. The molecule has 0 saturated carbocycles. The molecular weight excluding hydrogens is 390 g/mol. The lowest BCUT2D eigenvalue weighted by atomic mass is 9.98. The first-order chi connectivity index (χ1) is 13.7. The van der Waals surface area contributed by atoms with Crippen molar-refractivity contribution in [1.29, 1.82) is 0 Å². The molecule has 1 aliphatic rings. The minimum absolute atomic E-state index is 0.151. The molecule has 1 saturated heterocycles. The van der Waals surface area contributed by atoms with Gasteiger partial charge in [-0.15, -0.1) is 22.7 Å². The van der Waals surface area contributed by atoms with Gasteiger partial charge < -0.3 is 9.64 Å². The Morgan fingerprint density at radius 1 is 1.29 bits per heavy atom. The van der Waals surface area contributed by atoms with Crippen LogP contribution in [0.15, 0.2) is 41.2 Å². The van der Waals surface area contributed by atoms with E-state index in [9.17, 15) is 4.79 Å². The van der Waals surface area contributed by atoms with Gasteiger partial charge in [-0.2, -0.15) is 0 Å². The first-order valence-corrected chi connectivity index (χ1v) is 11.2. The fourth-order valence-electron chi connectivity index (χ4n) is 3.38. The maximum Gasteiger partial charge on any atom is 0.228 e. The Labute approximate surface area is 173 Å². The molecule has 5 nitrogen and oxygen atoms in total. The van der Waals surface area contributed by atoms with Crippen molar-refractivity contribution in [3.05, 3.63) is 62.5 Å². The van der Waals surface area contributed by atoms with E-state index in [1.165, 1.54) is 5.56 Å². The van der Waals surface area contributed by atoms with Gasteiger partial charge in [0, 0.05) is 36.0 Å². The number of hydrogen-bond donors (Lipinski definition) is 0. The number of hydrogen-bond acceptors (Lipinski definition) is 6. The maximum atomic E-state index is 12.7. The van der Waals surface area contributed by atoms with Gasteiger partial charge in [0.2, 0.25) is 5.91 Å². The highest BCUT2D eigenvalue weighted by atomic mass is 32.1. The SMILES string of the molecule is Cc1ccc(OCc2nc(CC(=O)N3CCCC(c4nccs4)C3)cs2)cc1. The van der Waals surface area contributed by atoms with E-state index in [0.717, 1.165) is 47.4 Å². The second kappa shape index (κ2) is 8.84. The number of thiazole rings is 2. The molecule has 28 heavy (non-hydrogen) atoms. The van der Waals surface area contributed by atoms with Gasteiger partial charge in [-0.25, -0.2) is 9.97 Å². The molecule has 0 bridgehead atoms. The summed E-state index contributed by atoms with van der Waals surface area (Å²) in [4.78, 5) is 23.7. The van der Waals surface area contributed by atoms with E-state index >= 15 is 0 Å². The highest BCUT2D eigenvalue weighted by molar-refractivity contribution is 7.09. The average molecular weight is 414 g/mol. The molecule has 4 rings (SSSR count). The number of ether oxygens (including phenoxy) is 1. The zero-order chi connectivity index (χ0) is 19.3. The largest absolute Gasteiger partial charge is 0.486 e. The minimum Gasteiger partial charge on any atom is -0.486 e. The Morgan fingerprint density at radius 2 is 2.14 bits per heavy atom. The van der Waals surface area contributed by atoms with Crippen LogP contribution < -0.4 is 4.74 Å². The zero-order valence-electron chi connectivity index (χ0n) is 15.8. The number of carbonyl (C=O) groups is 1. The average Bonchev–Trinajstić information content (AvgIpc) is 3.40. The van der Waals surface area contributed by atoms with Crippen LogP contribution in [0.1, 0.15) is 40.0 Å². The summed E-state index contributed by atoms with van der Waals surface area (Å²) in [5, 5.41) is 6.00. The molecule has 0 spiro atoms. The molecular formula is C21H23N3O2S2. The van der Waals surface area contributed by atoms with Gasteiger partial charge in [0.15, 0.2) is 0 Å². The van der Waals surface area contributed by atoms with Crippen molar-refractivity contribution < 1.29 is 9.53 Å². The van der Waals surface area contributed by atoms with Crippen molar-refractivity contribution in [1.82, 2.24) is 14.9 Å². The summed E-state index contributed by atoms with van der Waals surface area (Å²) >= 11 is 3.23. The fourth-order valence-corrected chi connectivity index (χ4v) is 4.86. The predicted molar refractivity (Wildman–Crippen MR) is 112 cm³/mol. The van der Waals surface area contributed by atoms with E-state index in [1.54, 1.807) is 22.7 Å². The molecule has 2 aromatic heterocycles. The van der Waals surface area contributed by atoms with Gasteiger partial charge >= 0.3 is 0 Å². The van der Waals surface area contributed by atoms with E-state index in [2.05, 4.69) is 16.9 Å². The summed E-state index contributed by atoms with van der Waals surface area (Å²) in [6.07, 6.45) is 4.33. The first-order valence-electron chi connectivity index (χ1n) is 9.47. The summed E-state index contributed by atoms with van der Waals surface area (Å²) in [7, 11) is 0. The van der Waals surface area contributed by atoms with Crippen LogP contribution in [0.25, 0.3) is 0 Å². The van der Waals surface area contributed by atoms with Crippen molar-refractivity contribution >= 4 is 28.6 Å². The molecule has 1 aromatic carbocycles. The maximum absolute atomic E-state index is 12.7. The third-order valence-corrected chi connectivity index (χ3v) is 6.70. The van der Waals surface area contributed by atoms with Crippen molar-refractivity contribution in [2.75, 3.05) is 13.1 Å². The zero-order valence-corrected chi connectivity index (χ0v) is 17.5. The topological polar surface area (TPSA) is 55.3 Å². The third-order valence-electron chi connectivity index (χ3n) is 4.89. The number of benzene rings is 1. The van der Waals surface area contributed by atoms with E-state index in [-0.39, 0.29) is 5.91 Å². The van der Waals surface area contributed by atoms with Crippen LogP contribution in [0.5, 0.6) is 5.75 Å². The minimum atomic E-state index is 0.151. The van der Waals surface area contributed by atoms with Crippen LogP contribution in [-0.2, 0) is 17.8 Å². The molecule has 0 radical (unpaired) electrons. The molecule has 1 fully saturated rings. The highest BCUT2D eigenvalue weighted by Crippen LogP contribution is 2.28. The van der Waals surface area contributed by atoms with Crippen LogP contribution in [0.3, 0.4) is 0 Å². The van der Waals surface area contributed by atoms with Crippen molar-refractivity contribution in [2.45, 2.75) is 38.7 Å². The quantitative estimate of drug-likeness (QED) is 0.600. The number of aromatic nitrogens is 2. The molecule has 7 heteroatoms. The Kier molecular flexibility index (Phi) is 6.02. The van der Waals surface area contributed by atoms with Crippen LogP contribution in [0.4, 0.5) is 0 Å². The molecule has 1 amide bonds. The molecule has 146 valence electrons. The molecule has 3 heterocycles. The number of likely N-dealkylation sites (tertiary alicyclic amines) is 1. The monoisotopic (exact) mass is 413 g/mol. The van der Waals surface area contributed by atoms with Crippen molar-refractivity contribution in [3.8, 4) is 5.75 Å². The lowest BCUT2D eigenvalue weighted by Crippen LogP contribution is -2.40. The van der Waals surface area contributed by atoms with E-state index in [4.69, 9.17) is 4.74 Å². The normalized spacial score (nSPS) is 16.9. The van der Waals surface area contributed by atoms with Crippen LogP contribution in [0.2, 0.25) is 0 Å². The Hall–Kier alpha value is -2.25. The summed E-state index contributed by atoms with van der Waals surface area (Å²) in [6, 6.07) is 7.98. The van der Waals surface area contributed by atoms with Gasteiger partial charge in [-0.3, -0.25) is 4.79 Å². The summed E-state index contributed by atoms with van der Waals surface area (Å²) in [5.74, 6) is 1.35. The molecule has 3 aromatic rings. The second-order valence-electron chi connectivity index (χ2n) is 7.06. The van der Waals surface area contributed by atoms with Crippen LogP contribution in [0, 0.1) is 6.92 Å². The van der Waals surface area contributed by atoms with Gasteiger partial charge in [0.05, 0.1) is 17.1 Å². The highest BCUT2D eigenvalue weighted by Gasteiger charge is 2.26. The van der Waals surface area contributed by atoms with E-state index < -0.39 is 0 Å². The van der Waals surface area contributed by atoms with Crippen LogP contribution >= 0.6 is 22.7 Å². The Bertz CT molecular complexity index is 906. The summed E-state index contributed by atoms with van der Waals surface area (Å²) < 4.78 is 5.78. The Morgan fingerprint density at radius 3 is 2.93 bits per heavy atom. The Balaban J connectivity index is 1.30. The lowest BCUT2D eigenvalue weighted by molar-refractivity contribution is -0.131. The number of aryl methyl sites for hydroxylation is 1. The fraction of sp³-hybridized carbons (Fsp3) is 0.381. The molecule has 1 unspecified atom stereocenters.